The summed E-state index contributed by atoms with van der Waals surface area (Å²) in [5.41, 5.74) is 6.26. The molecule has 0 saturated carbocycles. The lowest BCUT2D eigenvalue weighted by Gasteiger charge is -2.23. The van der Waals surface area contributed by atoms with E-state index in [1.807, 2.05) is 0 Å². The van der Waals surface area contributed by atoms with Crippen molar-refractivity contribution in [2.24, 2.45) is 5.73 Å². The third-order valence-electron chi connectivity index (χ3n) is 4.84. The minimum atomic E-state index is -0.852. The summed E-state index contributed by atoms with van der Waals surface area (Å²) in [5.74, 6) is -1.05. The van der Waals surface area contributed by atoms with Crippen molar-refractivity contribution in [1.82, 2.24) is 5.32 Å². The van der Waals surface area contributed by atoms with Crippen LogP contribution in [-0.2, 0) is 14.3 Å². The molecule has 9 nitrogen and oxygen atoms in total. The van der Waals surface area contributed by atoms with Gasteiger partial charge in [-0.05, 0) is 70.8 Å². The first-order valence-electron chi connectivity index (χ1n) is 11.1. The Balaban J connectivity index is 2.31. The number of unbranched alkanes of at least 4 members (excludes halogenated alkanes) is 1. The van der Waals surface area contributed by atoms with Gasteiger partial charge in [0, 0.05) is 16.8 Å². The van der Waals surface area contributed by atoms with Gasteiger partial charge in [0.05, 0.1) is 12.7 Å². The molecule has 0 radical (unpaired) electrons. The van der Waals surface area contributed by atoms with Crippen LogP contribution in [0.4, 0.5) is 10.5 Å². The minimum Gasteiger partial charge on any atom is -0.507 e. The molecule has 0 saturated heterocycles. The zero-order valence-corrected chi connectivity index (χ0v) is 20.0. The molecule has 5 N–H and O–H groups in total. The fourth-order valence-electron chi connectivity index (χ4n) is 3.27. The molecule has 184 valence electrons. The molecular formula is C25H33N3O6. The molecule has 0 aliphatic carbocycles. The van der Waals surface area contributed by atoms with Crippen LogP contribution in [0.5, 0.6) is 5.75 Å². The Kier molecular flexibility index (Phi) is 9.44. The van der Waals surface area contributed by atoms with Crippen LogP contribution in [0.25, 0.3) is 11.1 Å². The van der Waals surface area contributed by atoms with Crippen LogP contribution in [0, 0.1) is 0 Å². The summed E-state index contributed by atoms with van der Waals surface area (Å²) < 4.78 is 10.1. The van der Waals surface area contributed by atoms with Crippen LogP contribution >= 0.6 is 0 Å². The van der Waals surface area contributed by atoms with Gasteiger partial charge < -0.3 is 30.9 Å². The number of methoxy groups -OCH3 is 1. The molecule has 0 fully saturated rings. The Morgan fingerprint density at radius 2 is 1.76 bits per heavy atom. The van der Waals surface area contributed by atoms with E-state index in [1.54, 1.807) is 51.1 Å². The molecule has 0 aromatic heterocycles. The van der Waals surface area contributed by atoms with Crippen LogP contribution in [-0.4, -0.2) is 48.4 Å². The van der Waals surface area contributed by atoms with Gasteiger partial charge in [-0.2, -0.15) is 0 Å². The van der Waals surface area contributed by atoms with E-state index in [0.717, 1.165) is 0 Å². The quantitative estimate of drug-likeness (QED) is 0.322. The second-order valence-corrected chi connectivity index (χ2v) is 8.74. The van der Waals surface area contributed by atoms with Crippen molar-refractivity contribution in [3.63, 3.8) is 0 Å². The predicted octanol–water partition coefficient (Wildman–Crippen LogP) is 3.81. The zero-order chi connectivity index (χ0) is 25.3. The van der Waals surface area contributed by atoms with Crippen molar-refractivity contribution in [3.8, 4) is 16.9 Å². The summed E-state index contributed by atoms with van der Waals surface area (Å²) in [4.78, 5) is 37.6. The van der Waals surface area contributed by atoms with Crippen LogP contribution in [0.3, 0.4) is 0 Å². The number of anilines is 1. The summed E-state index contributed by atoms with van der Waals surface area (Å²) in [6.07, 6.45) is 1.01. The lowest BCUT2D eigenvalue weighted by atomic mass is 9.98. The fourth-order valence-corrected chi connectivity index (χ4v) is 3.27. The van der Waals surface area contributed by atoms with E-state index in [4.69, 9.17) is 15.2 Å². The van der Waals surface area contributed by atoms with Crippen molar-refractivity contribution in [2.75, 3.05) is 19.0 Å². The van der Waals surface area contributed by atoms with Gasteiger partial charge in [0.25, 0.3) is 0 Å². The molecule has 0 aliphatic heterocycles. The first kappa shape index (κ1) is 26.7. The highest BCUT2D eigenvalue weighted by molar-refractivity contribution is 6.01. The number of amides is 2. The Labute approximate surface area is 199 Å². The number of rotatable bonds is 9. The first-order chi connectivity index (χ1) is 16.1. The molecular weight excluding hydrogens is 438 g/mol. The molecule has 0 spiro atoms. The number of nitrogens with two attached hydrogens (primary N) is 1. The van der Waals surface area contributed by atoms with Gasteiger partial charge in [-0.1, -0.05) is 18.2 Å². The van der Waals surface area contributed by atoms with E-state index in [0.29, 0.717) is 42.6 Å². The number of benzene rings is 2. The van der Waals surface area contributed by atoms with Gasteiger partial charge in [0.1, 0.15) is 17.4 Å². The molecule has 0 bridgehead atoms. The summed E-state index contributed by atoms with van der Waals surface area (Å²) in [5, 5.41) is 15.7. The summed E-state index contributed by atoms with van der Waals surface area (Å²) in [7, 11) is 1.26. The topological polar surface area (TPSA) is 140 Å². The van der Waals surface area contributed by atoms with Gasteiger partial charge >= 0.3 is 12.1 Å². The number of alkyl carbamates (subject to hydrolysis) is 1. The Morgan fingerprint density at radius 1 is 1.06 bits per heavy atom. The monoisotopic (exact) mass is 471 g/mol. The van der Waals surface area contributed by atoms with Crippen molar-refractivity contribution < 1.29 is 29.0 Å². The van der Waals surface area contributed by atoms with Gasteiger partial charge in [0.15, 0.2) is 0 Å². The molecule has 2 aromatic carbocycles. The maximum Gasteiger partial charge on any atom is 0.408 e. The van der Waals surface area contributed by atoms with Crippen LogP contribution < -0.4 is 16.4 Å². The van der Waals surface area contributed by atoms with E-state index in [2.05, 4.69) is 10.6 Å². The van der Waals surface area contributed by atoms with E-state index < -0.39 is 29.6 Å². The number of hydrogen-bond donors (Lipinski definition) is 4. The third-order valence-corrected chi connectivity index (χ3v) is 4.84. The average Bonchev–Trinajstić information content (AvgIpc) is 2.77. The number of para-hydroxylation sites is 1. The molecule has 1 atom stereocenters. The first-order valence-corrected chi connectivity index (χ1v) is 11.1. The van der Waals surface area contributed by atoms with E-state index >= 15 is 0 Å². The molecule has 2 aromatic rings. The summed E-state index contributed by atoms with van der Waals surface area (Å²) in [6, 6.07) is 10.3. The van der Waals surface area contributed by atoms with Gasteiger partial charge in [0.2, 0.25) is 5.91 Å². The summed E-state index contributed by atoms with van der Waals surface area (Å²) in [6.45, 7) is 5.68. The minimum absolute atomic E-state index is 0.0256. The Hall–Kier alpha value is -3.59. The van der Waals surface area contributed by atoms with Crippen molar-refractivity contribution in [3.05, 3.63) is 48.0 Å². The van der Waals surface area contributed by atoms with Crippen LogP contribution in [0.15, 0.2) is 42.5 Å². The number of esters is 1. The average molecular weight is 472 g/mol. The summed E-state index contributed by atoms with van der Waals surface area (Å²) >= 11 is 0. The number of nitrogens with one attached hydrogen (secondary N) is 2. The SMILES string of the molecule is COC(=O)c1ccc(NC(=O)[C@@H](CCCCN)NC(=O)OC(C)(C)C)cc1-c1ccccc1O. The number of phenols is 1. The molecule has 34 heavy (non-hydrogen) atoms. The Bertz CT molecular complexity index is 1020. The number of carbonyl (C=O) groups is 3. The number of phenolic OH excluding ortho intramolecular Hbond substituents is 1. The lowest BCUT2D eigenvalue weighted by Crippen LogP contribution is -2.45. The van der Waals surface area contributed by atoms with E-state index in [9.17, 15) is 19.5 Å². The highest BCUT2D eigenvalue weighted by Crippen LogP contribution is 2.33. The number of ether oxygens (including phenoxy) is 2. The van der Waals surface area contributed by atoms with E-state index in [-0.39, 0.29) is 11.3 Å². The lowest BCUT2D eigenvalue weighted by molar-refractivity contribution is -0.118. The molecule has 2 rings (SSSR count). The normalized spacial score (nSPS) is 11.9. The zero-order valence-electron chi connectivity index (χ0n) is 20.0. The number of aromatic hydroxyl groups is 1. The second kappa shape index (κ2) is 12.0. The second-order valence-electron chi connectivity index (χ2n) is 8.74. The highest BCUT2D eigenvalue weighted by Gasteiger charge is 2.25. The van der Waals surface area contributed by atoms with Gasteiger partial charge in [-0.3, -0.25) is 4.79 Å². The third kappa shape index (κ3) is 7.77. The molecule has 2 amide bonds. The number of hydrogen-bond acceptors (Lipinski definition) is 7. The molecule has 0 heterocycles. The molecule has 0 aliphatic rings. The predicted molar refractivity (Wildman–Crippen MR) is 130 cm³/mol. The van der Waals surface area contributed by atoms with Gasteiger partial charge in [-0.25, -0.2) is 9.59 Å². The smallest absolute Gasteiger partial charge is 0.408 e. The van der Waals surface area contributed by atoms with Crippen LogP contribution in [0.2, 0.25) is 0 Å². The molecule has 0 unspecified atom stereocenters. The van der Waals surface area contributed by atoms with Crippen molar-refractivity contribution >= 4 is 23.7 Å². The van der Waals surface area contributed by atoms with Crippen molar-refractivity contribution in [1.29, 1.82) is 0 Å². The fraction of sp³-hybridized carbons (Fsp3) is 0.400. The van der Waals surface area contributed by atoms with Gasteiger partial charge in [-0.15, -0.1) is 0 Å². The van der Waals surface area contributed by atoms with Crippen LogP contribution in [0.1, 0.15) is 50.4 Å². The van der Waals surface area contributed by atoms with Crippen molar-refractivity contribution in [2.45, 2.75) is 51.7 Å². The molecule has 9 heteroatoms. The van der Waals surface area contributed by atoms with E-state index in [1.165, 1.54) is 19.2 Å². The Morgan fingerprint density at radius 3 is 2.38 bits per heavy atom. The largest absolute Gasteiger partial charge is 0.507 e. The maximum atomic E-state index is 13.0. The maximum absolute atomic E-state index is 13.0. The standard InChI is InChI=1S/C25H33N3O6/c1-25(2,3)34-24(32)28-20(10-7-8-14-26)22(30)27-16-12-13-18(23(31)33-4)19(15-16)17-9-5-6-11-21(17)29/h5-6,9,11-13,15,20,29H,7-8,10,14,26H2,1-4H3,(H,27,30)(H,28,32)/t20-/m1/s1. The highest BCUT2D eigenvalue weighted by atomic mass is 16.6. The number of carbonyl (C=O) groups excluding carboxylic acids is 3.